The fourth-order valence-electron chi connectivity index (χ4n) is 3.84. The fourth-order valence-corrected chi connectivity index (χ4v) is 3.84. The van der Waals surface area contributed by atoms with E-state index >= 15 is 0 Å². The van der Waals surface area contributed by atoms with Crippen molar-refractivity contribution in [3.8, 4) is 0 Å². The molecule has 1 fully saturated rings. The number of guanidine groups is 1. The van der Waals surface area contributed by atoms with E-state index in [1.807, 2.05) is 0 Å². The van der Waals surface area contributed by atoms with Crippen LogP contribution in [0.4, 0.5) is 0 Å². The second kappa shape index (κ2) is 15.0. The van der Waals surface area contributed by atoms with Gasteiger partial charge in [-0.15, -0.1) is 24.0 Å². The van der Waals surface area contributed by atoms with Gasteiger partial charge in [0.25, 0.3) is 0 Å². The molecule has 1 saturated heterocycles. The van der Waals surface area contributed by atoms with Crippen molar-refractivity contribution >= 4 is 29.9 Å². The van der Waals surface area contributed by atoms with Gasteiger partial charge >= 0.3 is 0 Å². The van der Waals surface area contributed by atoms with Crippen LogP contribution in [0.15, 0.2) is 35.3 Å². The van der Waals surface area contributed by atoms with Gasteiger partial charge in [0, 0.05) is 44.3 Å². The Hall–Kier alpha value is -0.860. The molecule has 30 heavy (non-hydrogen) atoms. The molecule has 6 heteroatoms. The molecule has 1 aromatic rings. The van der Waals surface area contributed by atoms with Crippen LogP contribution in [0.25, 0.3) is 0 Å². The van der Waals surface area contributed by atoms with Crippen LogP contribution in [-0.4, -0.2) is 67.1 Å². The summed E-state index contributed by atoms with van der Waals surface area (Å²) in [6.45, 7) is 14.1. The highest BCUT2D eigenvalue weighted by Crippen LogP contribution is 2.19. The molecule has 0 bridgehead atoms. The minimum absolute atomic E-state index is 0. The number of nitrogens with one attached hydrogen (secondary N) is 2. The maximum atomic E-state index is 4.82. The largest absolute Gasteiger partial charge is 0.357 e. The Bertz CT molecular complexity index is 593. The lowest BCUT2D eigenvalue weighted by Gasteiger charge is -2.38. The van der Waals surface area contributed by atoms with Crippen molar-refractivity contribution in [1.82, 2.24) is 20.4 Å². The number of hydrogen-bond acceptors (Lipinski definition) is 3. The summed E-state index contributed by atoms with van der Waals surface area (Å²) in [5.41, 5.74) is 1.41. The van der Waals surface area contributed by atoms with Gasteiger partial charge in [0.15, 0.2) is 5.96 Å². The zero-order valence-corrected chi connectivity index (χ0v) is 22.1. The van der Waals surface area contributed by atoms with Crippen LogP contribution >= 0.6 is 24.0 Å². The highest BCUT2D eigenvalue weighted by Gasteiger charge is 2.25. The van der Waals surface area contributed by atoms with E-state index < -0.39 is 0 Å². The normalized spacial score (nSPS) is 20.3. The molecular weight excluding hydrogens is 485 g/mol. The molecule has 5 nitrogen and oxygen atoms in total. The van der Waals surface area contributed by atoms with E-state index in [1.54, 1.807) is 0 Å². The first-order valence-corrected chi connectivity index (χ1v) is 11.5. The van der Waals surface area contributed by atoms with Crippen molar-refractivity contribution in [2.45, 2.75) is 78.0 Å². The van der Waals surface area contributed by atoms with E-state index in [2.05, 4.69) is 85.5 Å². The van der Waals surface area contributed by atoms with Crippen LogP contribution in [0.2, 0.25) is 0 Å². The van der Waals surface area contributed by atoms with Crippen LogP contribution in [-0.2, 0) is 6.54 Å². The second-order valence-electron chi connectivity index (χ2n) is 8.71. The van der Waals surface area contributed by atoms with Crippen molar-refractivity contribution in [2.75, 3.05) is 33.2 Å². The van der Waals surface area contributed by atoms with Crippen LogP contribution in [0, 0.1) is 0 Å². The van der Waals surface area contributed by atoms with Gasteiger partial charge in [0.2, 0.25) is 0 Å². The van der Waals surface area contributed by atoms with E-state index in [1.165, 1.54) is 18.4 Å². The van der Waals surface area contributed by atoms with Crippen LogP contribution in [0.1, 0.15) is 58.9 Å². The average Bonchev–Trinajstić information content (AvgIpc) is 2.70. The Labute approximate surface area is 202 Å². The Morgan fingerprint density at radius 1 is 1.23 bits per heavy atom. The lowest BCUT2D eigenvalue weighted by molar-refractivity contribution is 0.134. The van der Waals surface area contributed by atoms with Gasteiger partial charge in [-0.3, -0.25) is 9.89 Å². The molecule has 0 amide bonds. The minimum Gasteiger partial charge on any atom is -0.357 e. The Morgan fingerprint density at radius 2 is 1.97 bits per heavy atom. The monoisotopic (exact) mass is 529 g/mol. The van der Waals surface area contributed by atoms with Gasteiger partial charge in [-0.05, 0) is 72.5 Å². The Morgan fingerprint density at radius 3 is 2.60 bits per heavy atom. The molecule has 0 spiro atoms. The predicted molar refractivity (Wildman–Crippen MR) is 141 cm³/mol. The van der Waals surface area contributed by atoms with Gasteiger partial charge in [0.1, 0.15) is 0 Å². The number of aliphatic imine (C=N–C) groups is 1. The molecule has 2 rings (SSSR count). The number of unbranched alkanes of at least 4 members (excludes halogenated alkanes) is 1. The van der Waals surface area contributed by atoms with Gasteiger partial charge in [-0.25, -0.2) is 0 Å². The summed E-state index contributed by atoms with van der Waals surface area (Å²) in [5.74, 6) is 0.985. The maximum Gasteiger partial charge on any atom is 0.191 e. The lowest BCUT2D eigenvalue weighted by Crippen LogP contribution is -2.51. The number of hydrogen-bond donors (Lipinski definition) is 2. The Kier molecular flexibility index (Phi) is 13.6. The summed E-state index contributed by atoms with van der Waals surface area (Å²) >= 11 is 0. The van der Waals surface area contributed by atoms with Gasteiger partial charge in [-0.2, -0.15) is 0 Å². The first-order chi connectivity index (χ1) is 14.0. The molecular formula is C24H44IN5. The molecule has 1 aliphatic heterocycles. The first kappa shape index (κ1) is 27.2. The highest BCUT2D eigenvalue weighted by atomic mass is 127. The highest BCUT2D eigenvalue weighted by molar-refractivity contribution is 14.0. The zero-order chi connectivity index (χ0) is 21.1. The van der Waals surface area contributed by atoms with Crippen molar-refractivity contribution in [1.29, 1.82) is 0 Å². The fraction of sp³-hybridized carbons (Fsp3) is 0.708. The van der Waals surface area contributed by atoms with E-state index in [9.17, 15) is 0 Å². The summed E-state index contributed by atoms with van der Waals surface area (Å²) in [6, 6.07) is 12.5. The molecule has 172 valence electrons. The van der Waals surface area contributed by atoms with Gasteiger partial charge in [0.05, 0.1) is 0 Å². The van der Waals surface area contributed by atoms with E-state index in [4.69, 9.17) is 4.99 Å². The molecule has 0 saturated carbocycles. The first-order valence-electron chi connectivity index (χ1n) is 11.5. The van der Waals surface area contributed by atoms with E-state index in [0.717, 1.165) is 51.5 Å². The summed E-state index contributed by atoms with van der Waals surface area (Å²) in [4.78, 5) is 9.82. The predicted octanol–water partition coefficient (Wildman–Crippen LogP) is 4.33. The number of halogens is 1. The van der Waals surface area contributed by atoms with Crippen LogP contribution < -0.4 is 10.6 Å². The molecule has 0 radical (unpaired) electrons. The van der Waals surface area contributed by atoms with Crippen molar-refractivity contribution in [3.05, 3.63) is 35.9 Å². The smallest absolute Gasteiger partial charge is 0.191 e. The third-order valence-electron chi connectivity index (χ3n) is 6.00. The molecule has 2 N–H and O–H groups in total. The molecule has 1 heterocycles. The summed E-state index contributed by atoms with van der Waals surface area (Å²) in [6.07, 6.45) is 4.67. The standard InChI is InChI=1S/C24H43N5.HI/c1-6-25-24(26-15-10-11-16-28(5)20(2)3)27-23-14-17-29(21(4)18-23)19-22-12-8-7-9-13-22;/h7-9,12-13,20-21,23H,6,10-11,14-19H2,1-5H3,(H2,25,26,27);1H. The molecule has 1 aliphatic rings. The number of nitrogens with zero attached hydrogens (tertiary/aromatic N) is 3. The topological polar surface area (TPSA) is 42.9 Å². The second-order valence-corrected chi connectivity index (χ2v) is 8.71. The quantitative estimate of drug-likeness (QED) is 0.205. The van der Waals surface area contributed by atoms with Crippen molar-refractivity contribution in [3.63, 3.8) is 0 Å². The third-order valence-corrected chi connectivity index (χ3v) is 6.00. The van der Waals surface area contributed by atoms with Crippen molar-refractivity contribution < 1.29 is 0 Å². The number of likely N-dealkylation sites (tertiary alicyclic amines) is 1. The molecule has 2 atom stereocenters. The van der Waals surface area contributed by atoms with Gasteiger partial charge < -0.3 is 15.5 Å². The van der Waals surface area contributed by atoms with Crippen LogP contribution in [0.3, 0.4) is 0 Å². The number of piperidine rings is 1. The number of benzene rings is 1. The average molecular weight is 530 g/mol. The lowest BCUT2D eigenvalue weighted by atomic mass is 9.97. The van der Waals surface area contributed by atoms with E-state index in [0.29, 0.717) is 18.1 Å². The van der Waals surface area contributed by atoms with Crippen molar-refractivity contribution in [2.24, 2.45) is 4.99 Å². The maximum absolute atomic E-state index is 4.82. The van der Waals surface area contributed by atoms with E-state index in [-0.39, 0.29) is 24.0 Å². The summed E-state index contributed by atoms with van der Waals surface area (Å²) in [7, 11) is 2.20. The van der Waals surface area contributed by atoms with Crippen LogP contribution in [0.5, 0.6) is 0 Å². The minimum atomic E-state index is 0. The molecule has 0 aliphatic carbocycles. The summed E-state index contributed by atoms with van der Waals surface area (Å²) < 4.78 is 0. The zero-order valence-electron chi connectivity index (χ0n) is 19.7. The number of rotatable bonds is 10. The summed E-state index contributed by atoms with van der Waals surface area (Å²) in [5, 5.41) is 7.12. The molecule has 2 unspecified atom stereocenters. The third kappa shape index (κ3) is 9.96. The molecule has 0 aromatic heterocycles. The molecule has 1 aromatic carbocycles. The van der Waals surface area contributed by atoms with Gasteiger partial charge in [-0.1, -0.05) is 30.3 Å². The Balaban J connectivity index is 0.00000450. The SMILES string of the molecule is CCNC(=NCCCCN(C)C(C)C)NC1CCN(Cc2ccccc2)C(C)C1.I.